The summed E-state index contributed by atoms with van der Waals surface area (Å²) in [4.78, 5) is 26.2. The van der Waals surface area contributed by atoms with Gasteiger partial charge < -0.3 is 5.11 Å². The molecule has 0 spiro atoms. The second-order valence-electron chi connectivity index (χ2n) is 8.69. The van der Waals surface area contributed by atoms with E-state index in [0.717, 1.165) is 16.5 Å². The molecule has 8 heteroatoms. The molecule has 0 amide bonds. The van der Waals surface area contributed by atoms with Gasteiger partial charge >= 0.3 is 0 Å². The lowest BCUT2D eigenvalue weighted by molar-refractivity contribution is 0.0786. The van der Waals surface area contributed by atoms with Crippen molar-refractivity contribution in [2.45, 2.75) is 30.5 Å². The van der Waals surface area contributed by atoms with Gasteiger partial charge in [0.1, 0.15) is 0 Å². The lowest BCUT2D eigenvalue weighted by atomic mass is 9.82. The molecule has 0 bridgehead atoms. The predicted octanol–water partition coefficient (Wildman–Crippen LogP) is 4.39. The van der Waals surface area contributed by atoms with E-state index in [1.807, 2.05) is 29.3 Å². The Balaban J connectivity index is 1.83. The van der Waals surface area contributed by atoms with Gasteiger partial charge in [-0.1, -0.05) is 38.1 Å². The van der Waals surface area contributed by atoms with Gasteiger partial charge in [-0.25, -0.2) is 8.78 Å². The summed E-state index contributed by atoms with van der Waals surface area (Å²) in [7, 11) is 0. The van der Waals surface area contributed by atoms with Crippen molar-refractivity contribution in [2.24, 2.45) is 5.41 Å². The predicted molar refractivity (Wildman–Crippen MR) is 118 cm³/mol. The number of hydrogen-bond donors (Lipinski definition) is 1. The fourth-order valence-corrected chi connectivity index (χ4v) is 5.63. The summed E-state index contributed by atoms with van der Waals surface area (Å²) in [6.45, 7) is 3.72. The number of benzene rings is 2. The highest BCUT2D eigenvalue weighted by atomic mass is 32.2. The van der Waals surface area contributed by atoms with Crippen LogP contribution in [-0.4, -0.2) is 22.1 Å². The average molecular weight is 454 g/mol. The number of Topliss-reactive ketones (excluding diaryl/α,β-unsaturated/α-hetero) is 1. The number of pyridine rings is 1. The SMILES string of the molecule is CC1(C)CN(C2c3ccccc3SCc3c2ccc(F)c3F)n2ccc(=O)c(O)c2C1=O. The third-order valence-corrected chi connectivity index (χ3v) is 7.24. The first kappa shape index (κ1) is 20.8. The summed E-state index contributed by atoms with van der Waals surface area (Å²) in [5.41, 5.74) is 0.0306. The van der Waals surface area contributed by atoms with Crippen molar-refractivity contribution >= 4 is 17.5 Å². The van der Waals surface area contributed by atoms with Crippen LogP contribution in [0.2, 0.25) is 0 Å². The highest BCUT2D eigenvalue weighted by Gasteiger charge is 2.44. The van der Waals surface area contributed by atoms with E-state index in [0.29, 0.717) is 5.56 Å². The molecule has 3 aromatic rings. The molecule has 5 nitrogen and oxygen atoms in total. The first-order valence-electron chi connectivity index (χ1n) is 10.2. The van der Waals surface area contributed by atoms with Gasteiger partial charge in [0.25, 0.3) is 0 Å². The first-order chi connectivity index (χ1) is 15.2. The zero-order valence-corrected chi connectivity index (χ0v) is 18.2. The molecule has 2 aromatic carbocycles. The second-order valence-corrected chi connectivity index (χ2v) is 9.71. The summed E-state index contributed by atoms with van der Waals surface area (Å²) < 4.78 is 30.5. The van der Waals surface area contributed by atoms with E-state index in [1.54, 1.807) is 19.9 Å². The van der Waals surface area contributed by atoms with Gasteiger partial charge in [0, 0.05) is 40.4 Å². The number of carbonyl (C=O) groups is 1. The molecular formula is C24H20F2N2O3S. The molecule has 1 unspecified atom stereocenters. The second kappa shape index (κ2) is 7.20. The molecular weight excluding hydrogens is 434 g/mol. The normalized spacial score (nSPS) is 19.1. The van der Waals surface area contributed by atoms with Gasteiger partial charge in [-0.05, 0) is 23.3 Å². The van der Waals surface area contributed by atoms with Gasteiger partial charge in [0.15, 0.2) is 28.9 Å². The minimum atomic E-state index is -0.932. The summed E-state index contributed by atoms with van der Waals surface area (Å²) in [6, 6.07) is 10.9. The number of aromatic hydroxyl groups is 1. The molecule has 0 saturated heterocycles. The molecule has 32 heavy (non-hydrogen) atoms. The van der Waals surface area contributed by atoms with Crippen molar-refractivity contribution in [3.63, 3.8) is 0 Å². The standard InChI is InChI=1S/C24H20F2N2O3S/c1-24(2)12-28(27-10-9-17(29)22(30)21(27)23(24)31)20-13-7-8-16(25)19(26)15(13)11-32-18-6-4-3-5-14(18)20/h3-10,20,30H,11-12H2,1-2H3. The van der Waals surface area contributed by atoms with Crippen molar-refractivity contribution in [1.82, 2.24) is 4.68 Å². The molecule has 1 N–H and O–H groups in total. The summed E-state index contributed by atoms with van der Waals surface area (Å²) in [5.74, 6) is -2.51. The van der Waals surface area contributed by atoms with Gasteiger partial charge in [-0.2, -0.15) is 0 Å². The Bertz CT molecular complexity index is 1340. The first-order valence-corrected chi connectivity index (χ1v) is 11.1. The lowest BCUT2D eigenvalue weighted by Crippen LogP contribution is -2.54. The Morgan fingerprint density at radius 1 is 1.06 bits per heavy atom. The number of halogens is 2. The van der Waals surface area contributed by atoms with Crippen LogP contribution >= 0.6 is 11.8 Å². The van der Waals surface area contributed by atoms with Crippen molar-refractivity contribution in [3.8, 4) is 5.75 Å². The molecule has 1 aromatic heterocycles. The lowest BCUT2D eigenvalue weighted by Gasteiger charge is -2.45. The van der Waals surface area contributed by atoms with E-state index in [4.69, 9.17) is 0 Å². The van der Waals surface area contributed by atoms with Gasteiger partial charge in [-0.3, -0.25) is 19.3 Å². The minimum absolute atomic E-state index is 0.104. The van der Waals surface area contributed by atoms with Crippen molar-refractivity contribution in [1.29, 1.82) is 0 Å². The Kier molecular flexibility index (Phi) is 4.67. The van der Waals surface area contributed by atoms with Crippen molar-refractivity contribution in [3.05, 3.63) is 92.9 Å². The van der Waals surface area contributed by atoms with Crippen LogP contribution in [0.25, 0.3) is 0 Å². The molecule has 1 atom stereocenters. The van der Waals surface area contributed by atoms with Crippen LogP contribution in [0, 0.1) is 17.0 Å². The number of rotatable bonds is 1. The van der Waals surface area contributed by atoms with Crippen molar-refractivity contribution in [2.75, 3.05) is 11.6 Å². The number of carbonyl (C=O) groups excluding carboxylic acids is 1. The van der Waals surface area contributed by atoms with Gasteiger partial charge in [0.05, 0.1) is 6.04 Å². The van der Waals surface area contributed by atoms with E-state index >= 15 is 0 Å². The molecule has 2 aliphatic rings. The monoisotopic (exact) mass is 454 g/mol. The maximum atomic E-state index is 14.9. The number of hydrogen-bond acceptors (Lipinski definition) is 5. The van der Waals surface area contributed by atoms with Crippen LogP contribution in [0.5, 0.6) is 5.75 Å². The zero-order chi connectivity index (χ0) is 22.8. The fourth-order valence-electron chi connectivity index (χ4n) is 4.52. The van der Waals surface area contributed by atoms with Crippen LogP contribution in [-0.2, 0) is 5.75 Å². The Morgan fingerprint density at radius 3 is 2.59 bits per heavy atom. The van der Waals surface area contributed by atoms with Crippen LogP contribution in [0.1, 0.15) is 47.1 Å². The zero-order valence-electron chi connectivity index (χ0n) is 17.4. The molecule has 0 saturated carbocycles. The molecule has 2 aliphatic heterocycles. The van der Waals surface area contributed by atoms with E-state index in [-0.39, 0.29) is 29.3 Å². The quantitative estimate of drug-likeness (QED) is 0.591. The number of thioether (sulfide) groups is 1. The van der Waals surface area contributed by atoms with E-state index in [1.165, 1.54) is 28.7 Å². The third-order valence-electron chi connectivity index (χ3n) is 6.13. The summed E-state index contributed by atoms with van der Waals surface area (Å²) in [5, 5.41) is 12.3. The highest BCUT2D eigenvalue weighted by Crippen LogP contribution is 2.45. The molecule has 5 rings (SSSR count). The van der Waals surface area contributed by atoms with E-state index < -0.39 is 34.3 Å². The maximum Gasteiger partial charge on any atom is 0.224 e. The molecule has 0 radical (unpaired) electrons. The third kappa shape index (κ3) is 2.97. The fraction of sp³-hybridized carbons (Fsp3) is 0.250. The van der Waals surface area contributed by atoms with Crippen LogP contribution in [0.4, 0.5) is 8.78 Å². The number of ketones is 1. The van der Waals surface area contributed by atoms with Crippen LogP contribution in [0.3, 0.4) is 0 Å². The summed E-state index contributed by atoms with van der Waals surface area (Å²) in [6.07, 6.45) is 1.45. The smallest absolute Gasteiger partial charge is 0.224 e. The Morgan fingerprint density at radius 2 is 1.81 bits per heavy atom. The molecule has 3 heterocycles. The maximum absolute atomic E-state index is 14.9. The average Bonchev–Trinajstić information content (AvgIpc) is 2.93. The highest BCUT2D eigenvalue weighted by molar-refractivity contribution is 7.98. The van der Waals surface area contributed by atoms with Gasteiger partial charge in [-0.15, -0.1) is 11.8 Å². The molecule has 0 fully saturated rings. The molecule has 0 aliphatic carbocycles. The van der Waals surface area contributed by atoms with Crippen LogP contribution in [0.15, 0.2) is 58.4 Å². The van der Waals surface area contributed by atoms with E-state index in [2.05, 4.69) is 0 Å². The Labute approximate surface area is 187 Å². The summed E-state index contributed by atoms with van der Waals surface area (Å²) >= 11 is 1.42. The number of fused-ring (bicyclic) bond motifs is 3. The van der Waals surface area contributed by atoms with Gasteiger partial charge in [0.2, 0.25) is 5.43 Å². The number of aromatic nitrogens is 1. The minimum Gasteiger partial charge on any atom is -0.503 e. The van der Waals surface area contributed by atoms with E-state index in [9.17, 15) is 23.5 Å². The number of nitrogens with zero attached hydrogens (tertiary/aromatic N) is 2. The Hall–Kier alpha value is -3.13. The largest absolute Gasteiger partial charge is 0.503 e. The van der Waals surface area contributed by atoms with Crippen molar-refractivity contribution < 1.29 is 18.7 Å². The molecule has 164 valence electrons. The topological polar surface area (TPSA) is 62.5 Å². The van der Waals surface area contributed by atoms with Crippen LogP contribution < -0.4 is 10.4 Å².